The molecule has 0 aliphatic carbocycles. The molecule has 0 aliphatic heterocycles. The fraction of sp³-hybridized carbons (Fsp3) is 0.562. The van der Waals surface area contributed by atoms with Gasteiger partial charge in [-0.2, -0.15) is 0 Å². The van der Waals surface area contributed by atoms with Gasteiger partial charge >= 0.3 is 0 Å². The molecule has 0 aromatic heterocycles. The van der Waals surface area contributed by atoms with E-state index in [0.29, 0.717) is 12.3 Å². The van der Waals surface area contributed by atoms with Crippen LogP contribution in [0.25, 0.3) is 0 Å². The van der Waals surface area contributed by atoms with Crippen molar-refractivity contribution < 1.29 is 4.79 Å². The van der Waals surface area contributed by atoms with E-state index in [0.717, 1.165) is 17.8 Å². The first-order chi connectivity index (χ1) is 8.95. The van der Waals surface area contributed by atoms with Crippen molar-refractivity contribution in [1.29, 1.82) is 0 Å². The van der Waals surface area contributed by atoms with E-state index >= 15 is 0 Å². The molecule has 106 valence electrons. The topological polar surface area (TPSA) is 41.1 Å². The SMILES string of the molecule is CCNC(C)CC(=O)Nc1c(C)cccc1C(C)C. The summed E-state index contributed by atoms with van der Waals surface area (Å²) in [6.45, 7) is 11.3. The zero-order chi connectivity index (χ0) is 14.4. The van der Waals surface area contributed by atoms with Crippen LogP contribution in [0.3, 0.4) is 0 Å². The number of para-hydroxylation sites is 1. The summed E-state index contributed by atoms with van der Waals surface area (Å²) in [6.07, 6.45) is 0.500. The molecule has 0 fully saturated rings. The normalized spacial score (nSPS) is 12.5. The molecule has 0 radical (unpaired) electrons. The summed E-state index contributed by atoms with van der Waals surface area (Å²) in [5.74, 6) is 0.478. The van der Waals surface area contributed by atoms with Crippen molar-refractivity contribution >= 4 is 11.6 Å². The number of anilines is 1. The Morgan fingerprint density at radius 2 is 1.95 bits per heavy atom. The Bertz CT molecular complexity index is 427. The smallest absolute Gasteiger partial charge is 0.225 e. The highest BCUT2D eigenvalue weighted by Gasteiger charge is 2.13. The van der Waals surface area contributed by atoms with E-state index in [1.54, 1.807) is 0 Å². The lowest BCUT2D eigenvalue weighted by Gasteiger charge is -2.18. The van der Waals surface area contributed by atoms with Crippen LogP contribution in [0.4, 0.5) is 5.69 Å². The molecule has 3 heteroatoms. The molecule has 0 heterocycles. The second-order valence-corrected chi connectivity index (χ2v) is 5.40. The van der Waals surface area contributed by atoms with Crippen LogP contribution in [0.5, 0.6) is 0 Å². The zero-order valence-corrected chi connectivity index (χ0v) is 12.7. The van der Waals surface area contributed by atoms with Gasteiger partial charge in [0.25, 0.3) is 0 Å². The van der Waals surface area contributed by atoms with Gasteiger partial charge in [0.1, 0.15) is 0 Å². The molecule has 1 unspecified atom stereocenters. The number of hydrogen-bond donors (Lipinski definition) is 2. The van der Waals surface area contributed by atoms with Crippen molar-refractivity contribution in [3.63, 3.8) is 0 Å². The Morgan fingerprint density at radius 3 is 2.53 bits per heavy atom. The Balaban J connectivity index is 2.79. The van der Waals surface area contributed by atoms with Crippen LogP contribution in [-0.2, 0) is 4.79 Å². The maximum Gasteiger partial charge on any atom is 0.225 e. The van der Waals surface area contributed by atoms with Crippen LogP contribution < -0.4 is 10.6 Å². The van der Waals surface area contributed by atoms with E-state index in [-0.39, 0.29) is 11.9 Å². The number of carbonyl (C=O) groups excluding carboxylic acids is 1. The monoisotopic (exact) mass is 262 g/mol. The first-order valence-electron chi connectivity index (χ1n) is 7.08. The second-order valence-electron chi connectivity index (χ2n) is 5.40. The third-order valence-corrected chi connectivity index (χ3v) is 3.24. The van der Waals surface area contributed by atoms with Gasteiger partial charge in [0.15, 0.2) is 0 Å². The number of carbonyl (C=O) groups is 1. The van der Waals surface area contributed by atoms with Gasteiger partial charge in [-0.1, -0.05) is 39.0 Å². The average molecular weight is 262 g/mol. The lowest BCUT2D eigenvalue weighted by Crippen LogP contribution is -2.30. The first-order valence-corrected chi connectivity index (χ1v) is 7.08. The quantitative estimate of drug-likeness (QED) is 0.824. The molecule has 0 bridgehead atoms. The van der Waals surface area contributed by atoms with Gasteiger partial charge in [-0.3, -0.25) is 4.79 Å². The van der Waals surface area contributed by atoms with Gasteiger partial charge in [-0.15, -0.1) is 0 Å². The largest absolute Gasteiger partial charge is 0.326 e. The van der Waals surface area contributed by atoms with Crippen molar-refractivity contribution in [2.75, 3.05) is 11.9 Å². The first kappa shape index (κ1) is 15.7. The maximum atomic E-state index is 12.1. The van der Waals surface area contributed by atoms with Crippen molar-refractivity contribution in [2.45, 2.75) is 53.0 Å². The Labute approximate surface area is 116 Å². The lowest BCUT2D eigenvalue weighted by atomic mass is 9.98. The minimum atomic E-state index is 0.0737. The summed E-state index contributed by atoms with van der Waals surface area (Å²) in [7, 11) is 0. The third-order valence-electron chi connectivity index (χ3n) is 3.24. The van der Waals surface area contributed by atoms with Crippen molar-refractivity contribution in [3.8, 4) is 0 Å². The molecule has 3 nitrogen and oxygen atoms in total. The molecule has 0 saturated heterocycles. The molecule has 0 aliphatic rings. The number of amides is 1. The van der Waals surface area contributed by atoms with Gasteiger partial charge in [0.2, 0.25) is 5.91 Å². The van der Waals surface area contributed by atoms with Crippen LogP contribution in [0, 0.1) is 6.92 Å². The molecular formula is C16H26N2O. The summed E-state index contributed by atoms with van der Waals surface area (Å²) in [4.78, 5) is 12.1. The molecule has 1 aromatic carbocycles. The molecule has 0 spiro atoms. The number of benzene rings is 1. The van der Waals surface area contributed by atoms with Crippen LogP contribution in [0.1, 0.15) is 51.2 Å². The van der Waals surface area contributed by atoms with Crippen molar-refractivity contribution in [1.82, 2.24) is 5.32 Å². The van der Waals surface area contributed by atoms with E-state index < -0.39 is 0 Å². The van der Waals surface area contributed by atoms with Gasteiger partial charge in [-0.05, 0) is 37.4 Å². The van der Waals surface area contributed by atoms with Crippen molar-refractivity contribution in [3.05, 3.63) is 29.3 Å². The Hall–Kier alpha value is -1.35. The van der Waals surface area contributed by atoms with E-state index in [9.17, 15) is 4.79 Å². The van der Waals surface area contributed by atoms with Crippen LogP contribution in [-0.4, -0.2) is 18.5 Å². The van der Waals surface area contributed by atoms with Gasteiger partial charge in [-0.25, -0.2) is 0 Å². The molecule has 0 saturated carbocycles. The molecule has 1 aromatic rings. The highest BCUT2D eigenvalue weighted by molar-refractivity contribution is 5.92. The molecular weight excluding hydrogens is 236 g/mol. The summed E-state index contributed by atoms with van der Waals surface area (Å²) in [5, 5.41) is 6.32. The van der Waals surface area contributed by atoms with Crippen LogP contribution in [0.15, 0.2) is 18.2 Å². The molecule has 1 rings (SSSR count). The van der Waals surface area contributed by atoms with Crippen LogP contribution in [0.2, 0.25) is 0 Å². The number of aryl methyl sites for hydroxylation is 1. The predicted octanol–water partition coefficient (Wildman–Crippen LogP) is 3.45. The van der Waals surface area contributed by atoms with Gasteiger partial charge in [0, 0.05) is 18.2 Å². The molecule has 2 N–H and O–H groups in total. The molecule has 1 amide bonds. The number of rotatable bonds is 6. The third kappa shape index (κ3) is 4.67. The van der Waals surface area contributed by atoms with E-state index in [1.807, 2.05) is 32.9 Å². The van der Waals surface area contributed by atoms with E-state index in [2.05, 4.69) is 30.5 Å². The van der Waals surface area contributed by atoms with Gasteiger partial charge < -0.3 is 10.6 Å². The van der Waals surface area contributed by atoms with Crippen molar-refractivity contribution in [2.24, 2.45) is 0 Å². The number of nitrogens with one attached hydrogen (secondary N) is 2. The maximum absolute atomic E-state index is 12.1. The summed E-state index contributed by atoms with van der Waals surface area (Å²) in [5.41, 5.74) is 3.30. The average Bonchev–Trinajstić information content (AvgIpc) is 2.31. The fourth-order valence-corrected chi connectivity index (χ4v) is 2.23. The lowest BCUT2D eigenvalue weighted by molar-refractivity contribution is -0.116. The second kappa shape index (κ2) is 7.29. The summed E-state index contributed by atoms with van der Waals surface area (Å²) in [6, 6.07) is 6.37. The highest BCUT2D eigenvalue weighted by Crippen LogP contribution is 2.27. The predicted molar refractivity (Wildman–Crippen MR) is 81.7 cm³/mol. The van der Waals surface area contributed by atoms with E-state index in [4.69, 9.17) is 0 Å². The van der Waals surface area contributed by atoms with Gasteiger partial charge in [0.05, 0.1) is 0 Å². The number of hydrogen-bond acceptors (Lipinski definition) is 2. The van der Waals surface area contributed by atoms with Crippen LogP contribution >= 0.6 is 0 Å². The Kier molecular flexibility index (Phi) is 6.03. The minimum Gasteiger partial charge on any atom is -0.326 e. The molecule has 19 heavy (non-hydrogen) atoms. The minimum absolute atomic E-state index is 0.0737. The highest BCUT2D eigenvalue weighted by atomic mass is 16.1. The summed E-state index contributed by atoms with van der Waals surface area (Å²) >= 11 is 0. The fourth-order valence-electron chi connectivity index (χ4n) is 2.23. The summed E-state index contributed by atoms with van der Waals surface area (Å²) < 4.78 is 0. The standard InChI is InChI=1S/C16H26N2O/c1-6-17-13(5)10-15(19)18-16-12(4)8-7-9-14(16)11(2)3/h7-9,11,13,17H,6,10H2,1-5H3,(H,18,19). The van der Waals surface area contributed by atoms with E-state index in [1.165, 1.54) is 5.56 Å². The Morgan fingerprint density at radius 1 is 1.26 bits per heavy atom. The zero-order valence-electron chi connectivity index (χ0n) is 12.7. The molecule has 1 atom stereocenters.